The van der Waals surface area contributed by atoms with Crippen molar-refractivity contribution in [1.82, 2.24) is 10.2 Å². The third-order valence-electron chi connectivity index (χ3n) is 6.41. The second kappa shape index (κ2) is 7.96. The van der Waals surface area contributed by atoms with Crippen LogP contribution in [0.2, 0.25) is 0 Å². The van der Waals surface area contributed by atoms with Gasteiger partial charge < -0.3 is 15.0 Å². The Bertz CT molecular complexity index is 795. The van der Waals surface area contributed by atoms with Crippen molar-refractivity contribution in [2.45, 2.75) is 37.6 Å². The Morgan fingerprint density at radius 3 is 2.39 bits per heavy atom. The van der Waals surface area contributed by atoms with E-state index in [2.05, 4.69) is 58.7 Å². The zero-order valence-corrected chi connectivity index (χ0v) is 16.9. The molecule has 0 aromatic heterocycles. The fourth-order valence-electron chi connectivity index (χ4n) is 4.74. The fraction of sp³-hybridized carbons (Fsp3) is 0.458. The van der Waals surface area contributed by atoms with E-state index in [4.69, 9.17) is 4.74 Å². The van der Waals surface area contributed by atoms with Crippen LogP contribution in [0.4, 0.5) is 0 Å². The molecule has 1 saturated carbocycles. The molecule has 2 fully saturated rings. The van der Waals surface area contributed by atoms with Crippen molar-refractivity contribution < 1.29 is 9.53 Å². The number of methoxy groups -OCH3 is 1. The molecule has 1 aliphatic carbocycles. The summed E-state index contributed by atoms with van der Waals surface area (Å²) < 4.78 is 5.26. The predicted molar refractivity (Wildman–Crippen MR) is 111 cm³/mol. The molecule has 4 rings (SSSR count). The smallest absolute Gasteiger partial charge is 0.217 e. The molecule has 1 N–H and O–H groups in total. The number of carbonyl (C=O) groups is 1. The van der Waals surface area contributed by atoms with Crippen LogP contribution in [0.3, 0.4) is 0 Å². The molecule has 4 nitrogen and oxygen atoms in total. The average Bonchev–Trinajstić information content (AvgIpc) is 3.49. The summed E-state index contributed by atoms with van der Waals surface area (Å²) in [5.41, 5.74) is 2.44. The molecule has 1 aliphatic heterocycles. The summed E-state index contributed by atoms with van der Waals surface area (Å²) in [5.74, 6) is 2.41. The molecule has 0 radical (unpaired) electrons. The van der Waals surface area contributed by atoms with Crippen LogP contribution in [0.5, 0.6) is 5.75 Å². The van der Waals surface area contributed by atoms with Crippen molar-refractivity contribution >= 4 is 5.91 Å². The van der Waals surface area contributed by atoms with Crippen molar-refractivity contribution in [2.24, 2.45) is 5.92 Å². The first-order valence-electron chi connectivity index (χ1n) is 10.3. The number of benzene rings is 2. The quantitative estimate of drug-likeness (QED) is 0.828. The summed E-state index contributed by atoms with van der Waals surface area (Å²) >= 11 is 0. The van der Waals surface area contributed by atoms with Crippen LogP contribution in [-0.4, -0.2) is 37.6 Å². The Morgan fingerprint density at radius 1 is 1.11 bits per heavy atom. The highest BCUT2D eigenvalue weighted by Gasteiger charge is 2.42. The number of amides is 1. The largest absolute Gasteiger partial charge is 0.497 e. The summed E-state index contributed by atoms with van der Waals surface area (Å²) in [4.78, 5) is 14.5. The molecular formula is C24H30N2O2. The van der Waals surface area contributed by atoms with Gasteiger partial charge >= 0.3 is 0 Å². The molecule has 2 aliphatic rings. The van der Waals surface area contributed by atoms with E-state index in [1.54, 1.807) is 14.0 Å². The van der Waals surface area contributed by atoms with Crippen LogP contribution >= 0.6 is 0 Å². The van der Waals surface area contributed by atoms with Gasteiger partial charge in [0.25, 0.3) is 0 Å². The number of likely N-dealkylation sites (tertiary alicyclic amines) is 1. The molecular weight excluding hydrogens is 348 g/mol. The lowest BCUT2D eigenvalue weighted by Crippen LogP contribution is -2.52. The Kier molecular flexibility index (Phi) is 5.40. The van der Waals surface area contributed by atoms with Crippen LogP contribution in [0.25, 0.3) is 0 Å². The maximum atomic E-state index is 11.9. The average molecular weight is 379 g/mol. The lowest BCUT2D eigenvalue weighted by Gasteiger charge is -2.43. The van der Waals surface area contributed by atoms with Gasteiger partial charge in [0.2, 0.25) is 5.91 Å². The Labute approximate surface area is 167 Å². The van der Waals surface area contributed by atoms with Crippen molar-refractivity contribution in [3.63, 3.8) is 0 Å². The van der Waals surface area contributed by atoms with Gasteiger partial charge in [-0.15, -0.1) is 0 Å². The Hall–Kier alpha value is -2.33. The zero-order chi connectivity index (χ0) is 19.6. The molecule has 2 aromatic rings. The van der Waals surface area contributed by atoms with Gasteiger partial charge in [-0.2, -0.15) is 0 Å². The first kappa shape index (κ1) is 19.0. The van der Waals surface area contributed by atoms with Crippen LogP contribution < -0.4 is 10.1 Å². The molecule has 1 saturated heterocycles. The molecule has 148 valence electrons. The van der Waals surface area contributed by atoms with E-state index in [0.29, 0.717) is 5.92 Å². The maximum absolute atomic E-state index is 11.9. The molecule has 4 heteroatoms. The molecule has 1 amide bonds. The SMILES string of the molecule is COc1ccc([C@H]2C[C@H]2CN2CCC(NC(C)=O)(c3ccccc3)CC2)cc1. The molecule has 0 spiro atoms. The molecule has 0 bridgehead atoms. The first-order valence-corrected chi connectivity index (χ1v) is 10.3. The van der Waals surface area contributed by atoms with Crippen molar-refractivity contribution in [3.05, 3.63) is 65.7 Å². The number of piperidine rings is 1. The summed E-state index contributed by atoms with van der Waals surface area (Å²) in [6, 6.07) is 19.0. The maximum Gasteiger partial charge on any atom is 0.217 e. The molecule has 2 atom stereocenters. The van der Waals surface area contributed by atoms with Gasteiger partial charge in [-0.25, -0.2) is 0 Å². The third kappa shape index (κ3) is 4.07. The number of hydrogen-bond donors (Lipinski definition) is 1. The van der Waals surface area contributed by atoms with Crippen molar-refractivity contribution in [2.75, 3.05) is 26.7 Å². The van der Waals surface area contributed by atoms with E-state index in [0.717, 1.165) is 44.1 Å². The number of ether oxygens (including phenoxy) is 1. The summed E-state index contributed by atoms with van der Waals surface area (Å²) in [6.07, 6.45) is 3.21. The Balaban J connectivity index is 1.35. The van der Waals surface area contributed by atoms with Gasteiger partial charge in [0.05, 0.1) is 12.6 Å². The highest BCUT2D eigenvalue weighted by Crippen LogP contribution is 2.48. The molecule has 1 heterocycles. The molecule has 2 aromatic carbocycles. The Morgan fingerprint density at radius 2 is 1.79 bits per heavy atom. The molecule has 0 unspecified atom stereocenters. The van der Waals surface area contributed by atoms with Gasteiger partial charge in [0, 0.05) is 26.6 Å². The minimum atomic E-state index is -0.220. The van der Waals surface area contributed by atoms with Crippen LogP contribution in [0.15, 0.2) is 54.6 Å². The lowest BCUT2D eigenvalue weighted by atomic mass is 9.80. The minimum Gasteiger partial charge on any atom is -0.497 e. The number of hydrogen-bond acceptors (Lipinski definition) is 3. The van der Waals surface area contributed by atoms with Crippen LogP contribution in [0.1, 0.15) is 43.2 Å². The highest BCUT2D eigenvalue weighted by atomic mass is 16.5. The fourth-order valence-corrected chi connectivity index (χ4v) is 4.74. The van der Waals surface area contributed by atoms with E-state index in [-0.39, 0.29) is 11.4 Å². The van der Waals surface area contributed by atoms with E-state index in [1.165, 1.54) is 17.5 Å². The summed E-state index contributed by atoms with van der Waals surface area (Å²) in [7, 11) is 1.71. The number of nitrogens with zero attached hydrogens (tertiary/aromatic N) is 1. The standard InChI is InChI=1S/C24H30N2O2/c1-18(27)25-24(21-6-4-3-5-7-21)12-14-26(15-13-24)17-20-16-23(20)19-8-10-22(28-2)11-9-19/h3-11,20,23H,12-17H2,1-2H3,(H,25,27)/t20-,23+/m0/s1. The van der Waals surface area contributed by atoms with Gasteiger partial charge in [-0.3, -0.25) is 4.79 Å². The van der Waals surface area contributed by atoms with Crippen LogP contribution in [-0.2, 0) is 10.3 Å². The van der Waals surface area contributed by atoms with E-state index in [9.17, 15) is 4.79 Å². The normalized spacial score (nSPS) is 23.8. The number of rotatable bonds is 6. The predicted octanol–water partition coefficient (Wildman–Crippen LogP) is 3.93. The van der Waals surface area contributed by atoms with E-state index in [1.807, 2.05) is 6.07 Å². The summed E-state index contributed by atoms with van der Waals surface area (Å²) in [6.45, 7) is 4.84. The third-order valence-corrected chi connectivity index (χ3v) is 6.41. The number of nitrogens with one attached hydrogen (secondary N) is 1. The van der Waals surface area contributed by atoms with Gasteiger partial charge in [-0.05, 0) is 54.4 Å². The second-order valence-electron chi connectivity index (χ2n) is 8.31. The van der Waals surface area contributed by atoms with Crippen molar-refractivity contribution in [1.29, 1.82) is 0 Å². The number of carbonyl (C=O) groups excluding carboxylic acids is 1. The van der Waals surface area contributed by atoms with Crippen LogP contribution in [0, 0.1) is 5.92 Å². The lowest BCUT2D eigenvalue weighted by molar-refractivity contribution is -0.121. The molecule has 28 heavy (non-hydrogen) atoms. The van der Waals surface area contributed by atoms with Gasteiger partial charge in [-0.1, -0.05) is 42.5 Å². The first-order chi connectivity index (χ1) is 13.6. The van der Waals surface area contributed by atoms with E-state index < -0.39 is 0 Å². The summed E-state index contributed by atoms with van der Waals surface area (Å²) in [5, 5.41) is 3.27. The zero-order valence-electron chi connectivity index (χ0n) is 16.9. The second-order valence-corrected chi connectivity index (χ2v) is 8.31. The van der Waals surface area contributed by atoms with Crippen molar-refractivity contribution in [3.8, 4) is 5.75 Å². The van der Waals surface area contributed by atoms with Gasteiger partial charge in [0.1, 0.15) is 5.75 Å². The van der Waals surface area contributed by atoms with Gasteiger partial charge in [0.15, 0.2) is 0 Å². The van der Waals surface area contributed by atoms with E-state index >= 15 is 0 Å². The monoisotopic (exact) mass is 378 g/mol. The highest BCUT2D eigenvalue weighted by molar-refractivity contribution is 5.74. The topological polar surface area (TPSA) is 41.6 Å². The minimum absolute atomic E-state index is 0.0547.